The standard InChI is InChI=1S/C24H21BrClN3O2/c25-19-5-8-23-22(11-19)18(15-29(23)14-16-3-6-20(26)7-4-16)10-17(12-27)24(30)28-13-21-2-1-9-31-21/h3-8,10-11,15,21H,1-2,9,13-14H2,(H,28,30)/b17-10+/t21-/m0/s1. The van der Waals surface area contributed by atoms with Crippen LogP contribution in [0, 0.1) is 11.3 Å². The van der Waals surface area contributed by atoms with Crippen molar-refractivity contribution in [3.8, 4) is 6.07 Å². The lowest BCUT2D eigenvalue weighted by Gasteiger charge is -2.10. The summed E-state index contributed by atoms with van der Waals surface area (Å²) < 4.78 is 8.58. The molecule has 1 saturated heterocycles. The van der Waals surface area contributed by atoms with Crippen molar-refractivity contribution in [2.75, 3.05) is 13.2 Å². The Hall–Kier alpha value is -2.59. The second kappa shape index (κ2) is 9.69. The van der Waals surface area contributed by atoms with Crippen LogP contribution in [0.2, 0.25) is 5.02 Å². The third-order valence-electron chi connectivity index (χ3n) is 5.32. The van der Waals surface area contributed by atoms with E-state index in [1.807, 2.05) is 54.7 Å². The Bertz CT molecular complexity index is 1170. The molecule has 3 aromatic rings. The SMILES string of the molecule is N#C/C(=C\c1cn(Cc2ccc(Cl)cc2)c2ccc(Br)cc12)C(=O)NC[C@@H]1CCCO1. The van der Waals surface area contributed by atoms with Crippen LogP contribution in [0.4, 0.5) is 0 Å². The van der Waals surface area contributed by atoms with E-state index in [1.54, 1.807) is 6.08 Å². The molecule has 1 aromatic heterocycles. The van der Waals surface area contributed by atoms with E-state index < -0.39 is 0 Å². The molecule has 1 N–H and O–H groups in total. The van der Waals surface area contributed by atoms with Gasteiger partial charge >= 0.3 is 0 Å². The van der Waals surface area contributed by atoms with Gasteiger partial charge in [0.05, 0.1) is 6.10 Å². The number of nitriles is 1. The van der Waals surface area contributed by atoms with E-state index in [0.29, 0.717) is 18.1 Å². The summed E-state index contributed by atoms with van der Waals surface area (Å²) in [5.41, 5.74) is 3.01. The van der Waals surface area contributed by atoms with Gasteiger partial charge in [-0.25, -0.2) is 0 Å². The predicted octanol–water partition coefficient (Wildman–Crippen LogP) is 5.31. The number of carbonyl (C=O) groups is 1. The molecule has 0 aliphatic carbocycles. The molecule has 0 saturated carbocycles. The van der Waals surface area contributed by atoms with Crippen LogP contribution in [0.25, 0.3) is 17.0 Å². The summed E-state index contributed by atoms with van der Waals surface area (Å²) in [6.07, 6.45) is 5.58. The first-order chi connectivity index (χ1) is 15.0. The molecule has 1 aliphatic rings. The quantitative estimate of drug-likeness (QED) is 0.370. The number of hydrogen-bond donors (Lipinski definition) is 1. The van der Waals surface area contributed by atoms with E-state index in [9.17, 15) is 10.1 Å². The van der Waals surface area contributed by atoms with Crippen molar-refractivity contribution in [2.45, 2.75) is 25.5 Å². The Kier molecular flexibility index (Phi) is 6.77. The molecule has 0 radical (unpaired) electrons. The number of nitrogens with one attached hydrogen (secondary N) is 1. The highest BCUT2D eigenvalue weighted by molar-refractivity contribution is 9.10. The zero-order chi connectivity index (χ0) is 21.8. The van der Waals surface area contributed by atoms with Crippen molar-refractivity contribution < 1.29 is 9.53 Å². The average molecular weight is 499 g/mol. The summed E-state index contributed by atoms with van der Waals surface area (Å²) in [4.78, 5) is 12.6. The first-order valence-electron chi connectivity index (χ1n) is 10.1. The molecule has 2 aromatic carbocycles. The van der Waals surface area contributed by atoms with Crippen molar-refractivity contribution in [3.05, 3.63) is 74.9 Å². The van der Waals surface area contributed by atoms with Crippen LogP contribution in [0.1, 0.15) is 24.0 Å². The molecule has 158 valence electrons. The minimum absolute atomic E-state index is 0.0288. The van der Waals surface area contributed by atoms with Gasteiger partial charge in [0.15, 0.2) is 0 Å². The number of benzene rings is 2. The second-order valence-corrected chi connectivity index (χ2v) is 8.87. The molecule has 5 nitrogen and oxygen atoms in total. The maximum absolute atomic E-state index is 12.6. The molecule has 0 unspecified atom stereocenters. The maximum Gasteiger partial charge on any atom is 0.262 e. The Balaban J connectivity index is 1.63. The van der Waals surface area contributed by atoms with E-state index in [4.69, 9.17) is 16.3 Å². The highest BCUT2D eigenvalue weighted by atomic mass is 79.9. The van der Waals surface area contributed by atoms with E-state index >= 15 is 0 Å². The van der Waals surface area contributed by atoms with Crippen LogP contribution in [0.5, 0.6) is 0 Å². The molecule has 0 bridgehead atoms. The van der Waals surface area contributed by atoms with Gasteiger partial charge in [0.2, 0.25) is 0 Å². The number of carbonyl (C=O) groups excluding carboxylic acids is 1. The highest BCUT2D eigenvalue weighted by Gasteiger charge is 2.18. The van der Waals surface area contributed by atoms with Gasteiger partial charge in [0, 0.05) is 51.9 Å². The fraction of sp³-hybridized carbons (Fsp3) is 0.250. The van der Waals surface area contributed by atoms with Crippen LogP contribution in [-0.4, -0.2) is 29.7 Å². The van der Waals surface area contributed by atoms with Crippen LogP contribution in [-0.2, 0) is 16.1 Å². The van der Waals surface area contributed by atoms with E-state index in [1.165, 1.54) is 0 Å². The molecule has 1 fully saturated rings. The number of rotatable bonds is 6. The highest BCUT2D eigenvalue weighted by Crippen LogP contribution is 2.28. The van der Waals surface area contributed by atoms with Gasteiger partial charge in [0.25, 0.3) is 5.91 Å². The van der Waals surface area contributed by atoms with E-state index in [-0.39, 0.29) is 17.6 Å². The van der Waals surface area contributed by atoms with Crippen molar-refractivity contribution in [1.29, 1.82) is 5.26 Å². The lowest BCUT2D eigenvalue weighted by molar-refractivity contribution is -0.117. The summed E-state index contributed by atoms with van der Waals surface area (Å²) in [6.45, 7) is 1.79. The molecular formula is C24H21BrClN3O2. The Morgan fingerprint density at radius 3 is 2.84 bits per heavy atom. The minimum Gasteiger partial charge on any atom is -0.376 e. The summed E-state index contributed by atoms with van der Waals surface area (Å²) in [7, 11) is 0. The molecule has 0 spiro atoms. The number of halogens is 2. The lowest BCUT2D eigenvalue weighted by Crippen LogP contribution is -2.32. The fourth-order valence-corrected chi connectivity index (χ4v) is 4.23. The van der Waals surface area contributed by atoms with Crippen LogP contribution < -0.4 is 5.32 Å². The van der Waals surface area contributed by atoms with Gasteiger partial charge in [-0.2, -0.15) is 5.26 Å². The second-order valence-electron chi connectivity index (χ2n) is 7.52. The molecule has 31 heavy (non-hydrogen) atoms. The Morgan fingerprint density at radius 1 is 1.32 bits per heavy atom. The molecule has 1 aliphatic heterocycles. The number of hydrogen-bond acceptors (Lipinski definition) is 3. The van der Waals surface area contributed by atoms with Crippen LogP contribution in [0.3, 0.4) is 0 Å². The van der Waals surface area contributed by atoms with Crippen LogP contribution >= 0.6 is 27.5 Å². The summed E-state index contributed by atoms with van der Waals surface area (Å²) in [5, 5.41) is 14.1. The zero-order valence-corrected chi connectivity index (χ0v) is 19.1. The molecule has 4 rings (SSSR count). The first-order valence-corrected chi connectivity index (χ1v) is 11.2. The van der Waals surface area contributed by atoms with E-state index in [2.05, 4.69) is 25.8 Å². The Morgan fingerprint density at radius 2 is 2.13 bits per heavy atom. The number of ether oxygens (including phenoxy) is 1. The predicted molar refractivity (Wildman–Crippen MR) is 126 cm³/mol. The first kappa shape index (κ1) is 21.6. The lowest BCUT2D eigenvalue weighted by atomic mass is 10.1. The molecule has 1 atom stereocenters. The number of amides is 1. The minimum atomic E-state index is -0.383. The average Bonchev–Trinajstić information content (AvgIpc) is 3.40. The van der Waals surface area contributed by atoms with Gasteiger partial charge < -0.3 is 14.6 Å². The zero-order valence-electron chi connectivity index (χ0n) is 16.8. The molecule has 2 heterocycles. The number of nitrogens with zero attached hydrogens (tertiary/aromatic N) is 2. The normalized spacial score (nSPS) is 16.4. The third-order valence-corrected chi connectivity index (χ3v) is 6.06. The number of fused-ring (bicyclic) bond motifs is 1. The summed E-state index contributed by atoms with van der Waals surface area (Å²) in [6, 6.07) is 15.8. The summed E-state index contributed by atoms with van der Waals surface area (Å²) in [5.74, 6) is -0.383. The molecule has 1 amide bonds. The molecule has 7 heteroatoms. The van der Waals surface area contributed by atoms with Crippen LogP contribution in [0.15, 0.2) is 58.7 Å². The largest absolute Gasteiger partial charge is 0.376 e. The van der Waals surface area contributed by atoms with Gasteiger partial charge in [0.1, 0.15) is 11.6 Å². The Labute approximate surface area is 194 Å². The van der Waals surface area contributed by atoms with Crippen molar-refractivity contribution in [2.24, 2.45) is 0 Å². The van der Waals surface area contributed by atoms with Crippen molar-refractivity contribution in [3.63, 3.8) is 0 Å². The van der Waals surface area contributed by atoms with Gasteiger partial charge in [-0.15, -0.1) is 0 Å². The maximum atomic E-state index is 12.6. The van der Waals surface area contributed by atoms with Crippen molar-refractivity contribution in [1.82, 2.24) is 9.88 Å². The molecular weight excluding hydrogens is 478 g/mol. The van der Waals surface area contributed by atoms with Gasteiger partial charge in [-0.1, -0.05) is 39.7 Å². The van der Waals surface area contributed by atoms with Crippen molar-refractivity contribution >= 4 is 50.4 Å². The van der Waals surface area contributed by atoms with Gasteiger partial charge in [-0.05, 0) is 54.8 Å². The van der Waals surface area contributed by atoms with E-state index in [0.717, 1.165) is 46.0 Å². The monoisotopic (exact) mass is 497 g/mol. The van der Waals surface area contributed by atoms with Gasteiger partial charge in [-0.3, -0.25) is 4.79 Å². The third kappa shape index (κ3) is 5.19. The topological polar surface area (TPSA) is 67.0 Å². The summed E-state index contributed by atoms with van der Waals surface area (Å²) >= 11 is 9.53. The smallest absolute Gasteiger partial charge is 0.262 e. The number of aromatic nitrogens is 1. The fourth-order valence-electron chi connectivity index (χ4n) is 3.74.